The lowest BCUT2D eigenvalue weighted by Gasteiger charge is -2.39. The number of carbonyl (C=O) groups is 1. The van der Waals surface area contributed by atoms with Crippen molar-refractivity contribution in [2.75, 3.05) is 4.90 Å². The molecule has 3 rings (SSSR count). The van der Waals surface area contributed by atoms with E-state index in [0.717, 1.165) is 31.4 Å². The second-order valence-corrected chi connectivity index (χ2v) is 5.86. The molecule has 0 saturated carbocycles. The Balaban J connectivity index is 1.75. The molecule has 0 aromatic carbocycles. The maximum atomic E-state index is 10.9. The summed E-state index contributed by atoms with van der Waals surface area (Å²) in [4.78, 5) is 27.2. The summed E-state index contributed by atoms with van der Waals surface area (Å²) in [7, 11) is 0. The average molecular weight is 291 g/mol. The van der Waals surface area contributed by atoms with Crippen LogP contribution in [-0.2, 0) is 4.79 Å². The molecule has 2 fully saturated rings. The van der Waals surface area contributed by atoms with Gasteiger partial charge in [-0.25, -0.2) is 0 Å². The third-order valence-corrected chi connectivity index (χ3v) is 4.51. The Morgan fingerprint density at radius 1 is 1.38 bits per heavy atom. The molecule has 0 aliphatic carbocycles. The van der Waals surface area contributed by atoms with E-state index in [1.54, 1.807) is 12.3 Å². The number of pyridine rings is 1. The topological polar surface area (TPSA) is 96.6 Å². The number of carboxylic acid groups (broad SMARTS) is 1. The maximum Gasteiger partial charge on any atom is 0.363 e. The summed E-state index contributed by atoms with van der Waals surface area (Å²) in [5, 5.41) is 19.6. The van der Waals surface area contributed by atoms with Gasteiger partial charge < -0.3 is 20.1 Å². The fourth-order valence-corrected chi connectivity index (χ4v) is 3.76. The van der Waals surface area contributed by atoms with Gasteiger partial charge in [-0.3, -0.25) is 4.79 Å². The van der Waals surface area contributed by atoms with Crippen LogP contribution in [0.25, 0.3) is 0 Å². The third-order valence-electron chi connectivity index (χ3n) is 4.51. The van der Waals surface area contributed by atoms with Gasteiger partial charge in [0.05, 0.1) is 5.69 Å². The van der Waals surface area contributed by atoms with Crippen LogP contribution in [0.5, 0.6) is 0 Å². The summed E-state index contributed by atoms with van der Waals surface area (Å²) >= 11 is 0. The summed E-state index contributed by atoms with van der Waals surface area (Å²) in [6.07, 6.45) is 5.65. The first kappa shape index (κ1) is 13.8. The fourth-order valence-electron chi connectivity index (χ4n) is 3.76. The molecular weight excluding hydrogens is 274 g/mol. The van der Waals surface area contributed by atoms with Crippen molar-refractivity contribution in [3.8, 4) is 0 Å². The van der Waals surface area contributed by atoms with E-state index in [4.69, 9.17) is 5.11 Å². The van der Waals surface area contributed by atoms with Crippen LogP contribution in [0.1, 0.15) is 32.1 Å². The zero-order valence-corrected chi connectivity index (χ0v) is 11.5. The Hall–Kier alpha value is -2.18. The minimum atomic E-state index is -0.732. The van der Waals surface area contributed by atoms with Crippen molar-refractivity contribution in [2.24, 2.45) is 5.92 Å². The lowest BCUT2D eigenvalue weighted by Crippen LogP contribution is -2.43. The predicted octanol–water partition coefficient (Wildman–Crippen LogP) is 2.21. The Labute approximate surface area is 121 Å². The number of fused-ring (bicyclic) bond motifs is 2. The van der Waals surface area contributed by atoms with Crippen molar-refractivity contribution in [3.63, 3.8) is 0 Å². The SMILES string of the molecule is O=C(O)CC1CC2CCC(C1)N2c1ccc([N+](=O)[O-])nc1. The number of rotatable bonds is 4. The number of aromatic nitrogens is 1. The molecule has 1 aromatic rings. The van der Waals surface area contributed by atoms with Crippen molar-refractivity contribution in [1.82, 2.24) is 4.98 Å². The van der Waals surface area contributed by atoms with Gasteiger partial charge in [0.1, 0.15) is 0 Å². The molecule has 0 radical (unpaired) electrons. The average Bonchev–Trinajstić information content (AvgIpc) is 2.70. The lowest BCUT2D eigenvalue weighted by molar-refractivity contribution is -0.389. The third kappa shape index (κ3) is 2.68. The van der Waals surface area contributed by atoms with Crippen molar-refractivity contribution in [1.29, 1.82) is 0 Å². The van der Waals surface area contributed by atoms with Crippen molar-refractivity contribution in [3.05, 3.63) is 28.4 Å². The molecule has 2 bridgehead atoms. The predicted molar refractivity (Wildman–Crippen MR) is 75.2 cm³/mol. The number of piperidine rings is 1. The van der Waals surface area contributed by atoms with Crippen LogP contribution in [0.4, 0.5) is 11.5 Å². The van der Waals surface area contributed by atoms with Crippen LogP contribution >= 0.6 is 0 Å². The van der Waals surface area contributed by atoms with Gasteiger partial charge in [-0.2, -0.15) is 0 Å². The number of anilines is 1. The molecule has 21 heavy (non-hydrogen) atoms. The van der Waals surface area contributed by atoms with Gasteiger partial charge in [-0.1, -0.05) is 0 Å². The molecule has 0 spiro atoms. The lowest BCUT2D eigenvalue weighted by atomic mass is 9.88. The largest absolute Gasteiger partial charge is 0.481 e. The quantitative estimate of drug-likeness (QED) is 0.674. The summed E-state index contributed by atoms with van der Waals surface area (Å²) in [5.41, 5.74) is 0.905. The van der Waals surface area contributed by atoms with E-state index < -0.39 is 10.9 Å². The highest BCUT2D eigenvalue weighted by Gasteiger charge is 2.41. The van der Waals surface area contributed by atoms with Crippen LogP contribution in [0.15, 0.2) is 18.3 Å². The zero-order valence-electron chi connectivity index (χ0n) is 11.5. The van der Waals surface area contributed by atoms with Gasteiger partial charge in [-0.15, -0.1) is 0 Å². The zero-order chi connectivity index (χ0) is 15.0. The fraction of sp³-hybridized carbons (Fsp3) is 0.571. The molecule has 1 aromatic heterocycles. The molecule has 2 unspecified atom stereocenters. The monoisotopic (exact) mass is 291 g/mol. The highest BCUT2D eigenvalue weighted by Crippen LogP contribution is 2.42. The van der Waals surface area contributed by atoms with Crippen LogP contribution in [0, 0.1) is 16.0 Å². The number of nitro groups is 1. The van der Waals surface area contributed by atoms with E-state index in [0.29, 0.717) is 12.1 Å². The van der Waals surface area contributed by atoms with Gasteiger partial charge in [0, 0.05) is 24.6 Å². The number of hydrogen-bond acceptors (Lipinski definition) is 5. The molecule has 0 amide bonds. The molecule has 2 aliphatic heterocycles. The molecule has 2 aliphatic rings. The van der Waals surface area contributed by atoms with Crippen LogP contribution < -0.4 is 4.90 Å². The van der Waals surface area contributed by atoms with E-state index in [9.17, 15) is 14.9 Å². The standard InChI is InChI=1S/C14H17N3O4/c18-14(19)7-9-5-10-1-2-11(6-9)16(10)12-3-4-13(15-8-12)17(20)21/h3-4,8-11H,1-2,5-7H2,(H,18,19). The number of carboxylic acids is 1. The van der Waals surface area contributed by atoms with Crippen LogP contribution in [-0.4, -0.2) is 33.1 Å². The highest BCUT2D eigenvalue weighted by atomic mass is 16.6. The number of nitrogens with zero attached hydrogens (tertiary/aromatic N) is 3. The van der Waals surface area contributed by atoms with Crippen LogP contribution in [0.2, 0.25) is 0 Å². The summed E-state index contributed by atoms with van der Waals surface area (Å²) in [6.45, 7) is 0. The Bertz CT molecular complexity index is 546. The Morgan fingerprint density at radius 2 is 2.05 bits per heavy atom. The normalized spacial score (nSPS) is 27.6. The second kappa shape index (κ2) is 5.31. The second-order valence-electron chi connectivity index (χ2n) is 5.86. The van der Waals surface area contributed by atoms with E-state index in [2.05, 4.69) is 9.88 Å². The molecule has 112 valence electrons. The highest BCUT2D eigenvalue weighted by molar-refractivity contribution is 5.67. The van der Waals surface area contributed by atoms with E-state index >= 15 is 0 Å². The molecule has 1 N–H and O–H groups in total. The van der Waals surface area contributed by atoms with Gasteiger partial charge in [0.2, 0.25) is 0 Å². The molecule has 3 heterocycles. The summed E-state index contributed by atoms with van der Waals surface area (Å²) < 4.78 is 0. The van der Waals surface area contributed by atoms with Crippen molar-refractivity contribution >= 4 is 17.5 Å². The van der Waals surface area contributed by atoms with E-state index in [1.165, 1.54) is 6.07 Å². The van der Waals surface area contributed by atoms with E-state index in [1.807, 2.05) is 0 Å². The van der Waals surface area contributed by atoms with Gasteiger partial charge in [0.15, 0.2) is 6.20 Å². The minimum absolute atomic E-state index is 0.146. The van der Waals surface area contributed by atoms with Crippen molar-refractivity contribution < 1.29 is 14.8 Å². The van der Waals surface area contributed by atoms with Gasteiger partial charge in [0.25, 0.3) is 0 Å². The first-order valence-corrected chi connectivity index (χ1v) is 7.15. The smallest absolute Gasteiger partial charge is 0.363 e. The summed E-state index contributed by atoms with van der Waals surface area (Å²) in [6, 6.07) is 3.83. The minimum Gasteiger partial charge on any atom is -0.481 e. The first-order valence-electron chi connectivity index (χ1n) is 7.15. The van der Waals surface area contributed by atoms with Gasteiger partial charge in [-0.05, 0) is 47.6 Å². The first-order chi connectivity index (χ1) is 10.0. The van der Waals surface area contributed by atoms with Crippen LogP contribution in [0.3, 0.4) is 0 Å². The Morgan fingerprint density at radius 3 is 2.52 bits per heavy atom. The molecule has 7 heteroatoms. The molecule has 2 saturated heterocycles. The molecule has 7 nitrogen and oxygen atoms in total. The van der Waals surface area contributed by atoms with Gasteiger partial charge >= 0.3 is 11.8 Å². The van der Waals surface area contributed by atoms with E-state index in [-0.39, 0.29) is 18.2 Å². The van der Waals surface area contributed by atoms with Crippen molar-refractivity contribution in [2.45, 2.75) is 44.2 Å². The number of hydrogen-bond donors (Lipinski definition) is 1. The number of aliphatic carboxylic acids is 1. The maximum absolute atomic E-state index is 10.9. The summed E-state index contributed by atoms with van der Waals surface area (Å²) in [5.74, 6) is -0.640. The molecular formula is C14H17N3O4. The Kier molecular flexibility index (Phi) is 3.48. The molecule has 2 atom stereocenters.